The van der Waals surface area contributed by atoms with Crippen LogP contribution in [0.25, 0.3) is 0 Å². The molecule has 0 amide bonds. The third kappa shape index (κ3) is 6.30. The summed E-state index contributed by atoms with van der Waals surface area (Å²) in [5.74, 6) is -2.89. The van der Waals surface area contributed by atoms with Crippen molar-refractivity contribution in [1.82, 2.24) is 15.0 Å². The van der Waals surface area contributed by atoms with Gasteiger partial charge in [-0.1, -0.05) is 5.21 Å². The number of rotatable bonds is 8. The van der Waals surface area contributed by atoms with E-state index < -0.39 is 54.5 Å². The number of aromatic nitrogens is 3. The molecule has 2 heterocycles. The highest BCUT2D eigenvalue weighted by molar-refractivity contribution is 6.18. The van der Waals surface area contributed by atoms with Crippen molar-refractivity contribution in [2.45, 2.75) is 70.1 Å². The largest absolute Gasteiger partial charge is 0.463 e. The maximum absolute atomic E-state index is 11.9. The third-order valence-corrected chi connectivity index (χ3v) is 4.84. The Morgan fingerprint density at radius 2 is 1.44 bits per heavy atom. The predicted octanol–water partition coefficient (Wildman–Crippen LogP) is 1.01. The molecule has 0 N–H and O–H groups in total. The van der Waals surface area contributed by atoms with Crippen LogP contribution in [0.5, 0.6) is 0 Å². The SMILES string of the molecule is CC(=O)OC[C@H]1O[C@@H](n2nnc(CCl)c2CCl)[C@@H](OC(C)=O)[C@@H](OC(C)=O)[C@@H]1OC(C)=O. The lowest BCUT2D eigenvalue weighted by Crippen LogP contribution is -2.60. The van der Waals surface area contributed by atoms with Crippen LogP contribution in [0.1, 0.15) is 45.3 Å². The molecule has 0 radical (unpaired) electrons. The Labute approximate surface area is 193 Å². The summed E-state index contributed by atoms with van der Waals surface area (Å²) in [5, 5.41) is 7.94. The Morgan fingerprint density at radius 1 is 0.875 bits per heavy atom. The molecule has 1 fully saturated rings. The van der Waals surface area contributed by atoms with Crippen LogP contribution in [0.15, 0.2) is 0 Å². The zero-order chi connectivity index (χ0) is 24.0. The van der Waals surface area contributed by atoms with E-state index in [1.807, 2.05) is 0 Å². The van der Waals surface area contributed by atoms with E-state index >= 15 is 0 Å². The average molecular weight is 496 g/mol. The zero-order valence-electron chi connectivity index (χ0n) is 17.8. The van der Waals surface area contributed by atoms with Crippen LogP contribution in [0, 0.1) is 0 Å². The maximum atomic E-state index is 11.9. The minimum atomic E-state index is -1.33. The number of hydrogen-bond acceptors (Lipinski definition) is 11. The topological polar surface area (TPSA) is 145 Å². The molecule has 14 heteroatoms. The number of ether oxygens (including phenoxy) is 5. The quantitative estimate of drug-likeness (QED) is 0.289. The normalized spacial score (nSPS) is 25.0. The fourth-order valence-corrected chi connectivity index (χ4v) is 3.68. The Balaban J connectivity index is 2.60. The number of esters is 4. The van der Waals surface area contributed by atoms with Gasteiger partial charge in [-0.3, -0.25) is 19.2 Å². The minimum Gasteiger partial charge on any atom is -0.463 e. The fraction of sp³-hybridized carbons (Fsp3) is 0.667. The number of halogens is 2. The molecule has 0 saturated carbocycles. The summed E-state index contributed by atoms with van der Waals surface area (Å²) in [7, 11) is 0. The lowest BCUT2D eigenvalue weighted by molar-refractivity contribution is -0.270. The van der Waals surface area contributed by atoms with Crippen LogP contribution < -0.4 is 0 Å². The summed E-state index contributed by atoms with van der Waals surface area (Å²) in [6.07, 6.45) is -6.26. The maximum Gasteiger partial charge on any atom is 0.303 e. The highest BCUT2D eigenvalue weighted by Crippen LogP contribution is 2.35. The summed E-state index contributed by atoms with van der Waals surface area (Å²) in [6.45, 7) is 4.23. The van der Waals surface area contributed by atoms with E-state index in [2.05, 4.69) is 10.3 Å². The van der Waals surface area contributed by atoms with E-state index in [-0.39, 0.29) is 18.4 Å². The van der Waals surface area contributed by atoms with Gasteiger partial charge in [0, 0.05) is 27.7 Å². The Morgan fingerprint density at radius 3 is 1.94 bits per heavy atom. The van der Waals surface area contributed by atoms with Gasteiger partial charge in [0.15, 0.2) is 24.5 Å². The first kappa shape index (κ1) is 25.8. The standard InChI is InChI=1S/C18H23Cl2N3O9/c1-8(24)28-7-14-15(29-9(2)25)16(30-10(3)26)17(31-11(4)27)18(32-14)23-13(6-20)12(5-19)21-22-23/h14-18H,5-7H2,1-4H3/t14-,15-,16+,17+,18-/m1/s1. The first-order valence-electron chi connectivity index (χ1n) is 9.44. The monoisotopic (exact) mass is 495 g/mol. The van der Waals surface area contributed by atoms with E-state index in [0.717, 1.165) is 20.8 Å². The number of carbonyl (C=O) groups excluding carboxylic acids is 4. The van der Waals surface area contributed by atoms with Crippen molar-refractivity contribution >= 4 is 47.1 Å². The summed E-state index contributed by atoms with van der Waals surface area (Å²) >= 11 is 11.9. The minimum absolute atomic E-state index is 0.00662. The van der Waals surface area contributed by atoms with E-state index in [1.54, 1.807) is 0 Å². The Bertz CT molecular complexity index is 863. The summed E-state index contributed by atoms with van der Waals surface area (Å²) in [6, 6.07) is 0. The molecule has 0 bridgehead atoms. The molecule has 0 spiro atoms. The van der Waals surface area contributed by atoms with Crippen molar-refractivity contribution < 1.29 is 42.9 Å². The van der Waals surface area contributed by atoms with Gasteiger partial charge in [-0.05, 0) is 0 Å². The molecule has 5 atom stereocenters. The molecule has 12 nitrogen and oxygen atoms in total. The second-order valence-corrected chi connectivity index (χ2v) is 7.32. The summed E-state index contributed by atoms with van der Waals surface area (Å²) in [4.78, 5) is 46.9. The molecule has 2 rings (SSSR count). The molecular formula is C18H23Cl2N3O9. The van der Waals surface area contributed by atoms with Gasteiger partial charge in [0.1, 0.15) is 18.4 Å². The van der Waals surface area contributed by atoms with Gasteiger partial charge in [-0.25, -0.2) is 4.68 Å². The molecule has 178 valence electrons. The second-order valence-electron chi connectivity index (χ2n) is 6.78. The van der Waals surface area contributed by atoms with Gasteiger partial charge >= 0.3 is 23.9 Å². The molecule has 0 unspecified atom stereocenters. The number of carbonyl (C=O) groups is 4. The van der Waals surface area contributed by atoms with Crippen LogP contribution in [0.4, 0.5) is 0 Å². The summed E-state index contributed by atoms with van der Waals surface area (Å²) < 4.78 is 28.4. The van der Waals surface area contributed by atoms with E-state index in [1.165, 1.54) is 11.6 Å². The lowest BCUT2D eigenvalue weighted by Gasteiger charge is -2.44. The molecule has 32 heavy (non-hydrogen) atoms. The molecule has 1 aliphatic rings. The second kappa shape index (κ2) is 11.4. The molecular weight excluding hydrogens is 473 g/mol. The smallest absolute Gasteiger partial charge is 0.303 e. The summed E-state index contributed by atoms with van der Waals surface area (Å²) in [5.41, 5.74) is 0.720. The first-order valence-corrected chi connectivity index (χ1v) is 10.5. The van der Waals surface area contributed by atoms with E-state index in [0.29, 0.717) is 11.4 Å². The van der Waals surface area contributed by atoms with Gasteiger partial charge in [-0.2, -0.15) is 0 Å². The van der Waals surface area contributed by atoms with Crippen LogP contribution >= 0.6 is 23.2 Å². The van der Waals surface area contributed by atoms with Crippen molar-refractivity contribution in [3.05, 3.63) is 11.4 Å². The highest BCUT2D eigenvalue weighted by atomic mass is 35.5. The van der Waals surface area contributed by atoms with Gasteiger partial charge in [-0.15, -0.1) is 28.3 Å². The number of alkyl halides is 2. The molecule has 0 aromatic carbocycles. The Hall–Kier alpha value is -2.44. The third-order valence-electron chi connectivity index (χ3n) is 4.33. The van der Waals surface area contributed by atoms with Crippen molar-refractivity contribution in [2.24, 2.45) is 0 Å². The van der Waals surface area contributed by atoms with Crippen LogP contribution in [0.2, 0.25) is 0 Å². The van der Waals surface area contributed by atoms with Gasteiger partial charge in [0.25, 0.3) is 0 Å². The fourth-order valence-electron chi connectivity index (χ4n) is 3.20. The van der Waals surface area contributed by atoms with E-state index in [9.17, 15) is 19.2 Å². The van der Waals surface area contributed by atoms with Gasteiger partial charge in [0.05, 0.1) is 17.5 Å². The molecule has 1 aromatic heterocycles. The van der Waals surface area contributed by atoms with Crippen molar-refractivity contribution in [1.29, 1.82) is 0 Å². The zero-order valence-corrected chi connectivity index (χ0v) is 19.3. The molecule has 1 aliphatic heterocycles. The van der Waals surface area contributed by atoms with Crippen molar-refractivity contribution in [2.75, 3.05) is 6.61 Å². The average Bonchev–Trinajstić information content (AvgIpc) is 3.11. The highest BCUT2D eigenvalue weighted by Gasteiger charge is 2.53. The lowest BCUT2D eigenvalue weighted by atomic mass is 9.97. The predicted molar refractivity (Wildman–Crippen MR) is 106 cm³/mol. The van der Waals surface area contributed by atoms with Gasteiger partial charge in [0.2, 0.25) is 0 Å². The molecule has 1 aromatic rings. The number of hydrogen-bond donors (Lipinski definition) is 0. The van der Waals surface area contributed by atoms with Crippen molar-refractivity contribution in [3.8, 4) is 0 Å². The molecule has 1 saturated heterocycles. The van der Waals surface area contributed by atoms with Crippen LogP contribution in [-0.4, -0.2) is 69.9 Å². The first-order chi connectivity index (χ1) is 15.1. The van der Waals surface area contributed by atoms with Gasteiger partial charge < -0.3 is 23.7 Å². The van der Waals surface area contributed by atoms with Crippen LogP contribution in [-0.2, 0) is 54.6 Å². The van der Waals surface area contributed by atoms with Crippen molar-refractivity contribution in [3.63, 3.8) is 0 Å². The number of nitrogens with zero attached hydrogens (tertiary/aromatic N) is 3. The Kier molecular flexibility index (Phi) is 9.22. The van der Waals surface area contributed by atoms with Crippen LogP contribution in [0.3, 0.4) is 0 Å². The van der Waals surface area contributed by atoms with E-state index in [4.69, 9.17) is 46.9 Å². The molecule has 0 aliphatic carbocycles.